The van der Waals surface area contributed by atoms with Gasteiger partial charge in [0.2, 0.25) is 0 Å². The van der Waals surface area contributed by atoms with Gasteiger partial charge in [-0.3, -0.25) is 0 Å². The number of hydrogen-bond donors (Lipinski definition) is 2. The van der Waals surface area contributed by atoms with Gasteiger partial charge in [-0.25, -0.2) is 4.79 Å². The fourth-order valence-electron chi connectivity index (χ4n) is 7.09. The van der Waals surface area contributed by atoms with Crippen LogP contribution in [0.1, 0.15) is 72.1 Å². The van der Waals surface area contributed by atoms with Crippen LogP contribution in [-0.2, 0) is 17.8 Å². The van der Waals surface area contributed by atoms with Crippen LogP contribution in [0.5, 0.6) is 11.5 Å². The van der Waals surface area contributed by atoms with Gasteiger partial charge in [-0.05, 0) is 126 Å². The molecule has 3 aromatic carbocycles. The van der Waals surface area contributed by atoms with Crippen molar-refractivity contribution in [2.45, 2.75) is 78.6 Å². The van der Waals surface area contributed by atoms with E-state index >= 15 is 0 Å². The first-order valence-corrected chi connectivity index (χ1v) is 17.8. The van der Waals surface area contributed by atoms with E-state index in [4.69, 9.17) is 23.6 Å². The number of hydrogen-bond acceptors (Lipinski definition) is 10. The van der Waals surface area contributed by atoms with E-state index in [2.05, 4.69) is 70.7 Å². The van der Waals surface area contributed by atoms with Gasteiger partial charge in [-0.15, -0.1) is 0 Å². The summed E-state index contributed by atoms with van der Waals surface area (Å²) < 4.78 is 23.8. The summed E-state index contributed by atoms with van der Waals surface area (Å²) in [6.45, 7) is 14.3. The number of rotatable bonds is 13. The minimum absolute atomic E-state index is 0.220. The van der Waals surface area contributed by atoms with Gasteiger partial charge in [0, 0.05) is 25.2 Å². The lowest BCUT2D eigenvalue weighted by Gasteiger charge is -2.37. The number of nitrogens with one attached hydrogen (secondary N) is 2. The summed E-state index contributed by atoms with van der Waals surface area (Å²) in [6, 6.07) is 17.6. The zero-order valence-corrected chi connectivity index (χ0v) is 29.6. The van der Waals surface area contributed by atoms with Crippen LogP contribution in [0.3, 0.4) is 0 Å². The number of fused-ring (bicyclic) bond motifs is 1. The number of benzene rings is 3. The number of ether oxygens (including phenoxy) is 3. The number of carbonyl (C=O) groups is 1. The topological polar surface area (TPSA) is 101 Å². The molecular formula is C39H51N5O5. The SMILES string of the molecule is CCOc1cc(CN(c2nc3cc(N(Cc4ccc(C)c(OCC)c4)C4CCNCC4)c(C(=O)OC)cc3o2)C2CCNCC2)ccc1C. The van der Waals surface area contributed by atoms with E-state index in [0.717, 1.165) is 91.3 Å². The molecule has 2 N–H and O–H groups in total. The van der Waals surface area contributed by atoms with Crippen molar-refractivity contribution in [2.75, 3.05) is 56.3 Å². The molecule has 0 bridgehead atoms. The van der Waals surface area contributed by atoms with Crippen LogP contribution < -0.4 is 29.9 Å². The van der Waals surface area contributed by atoms with Crippen molar-refractivity contribution in [3.05, 3.63) is 76.3 Å². The monoisotopic (exact) mass is 669 g/mol. The number of aryl methyl sites for hydroxylation is 2. The Hall–Kier alpha value is -4.28. The summed E-state index contributed by atoms with van der Waals surface area (Å²) in [5.74, 6) is 1.39. The van der Waals surface area contributed by atoms with Crippen LogP contribution in [0.25, 0.3) is 11.1 Å². The fourth-order valence-corrected chi connectivity index (χ4v) is 7.09. The molecule has 0 unspecified atom stereocenters. The Balaban J connectivity index is 1.42. The van der Waals surface area contributed by atoms with Crippen LogP contribution in [0, 0.1) is 13.8 Å². The summed E-state index contributed by atoms with van der Waals surface area (Å²) in [7, 11) is 1.43. The number of carbonyl (C=O) groups excluding carboxylic acids is 1. The summed E-state index contributed by atoms with van der Waals surface area (Å²) in [4.78, 5) is 23.2. The van der Waals surface area contributed by atoms with Crippen molar-refractivity contribution in [3.8, 4) is 11.5 Å². The molecule has 3 heterocycles. The number of piperidine rings is 2. The summed E-state index contributed by atoms with van der Waals surface area (Å²) in [5, 5.41) is 6.98. The number of methoxy groups -OCH3 is 1. The zero-order chi connectivity index (χ0) is 34.3. The lowest BCUT2D eigenvalue weighted by Crippen LogP contribution is -2.43. The van der Waals surface area contributed by atoms with E-state index in [-0.39, 0.29) is 12.1 Å². The predicted molar refractivity (Wildman–Crippen MR) is 194 cm³/mol. The van der Waals surface area contributed by atoms with Gasteiger partial charge in [-0.2, -0.15) is 4.98 Å². The number of oxazole rings is 1. The Kier molecular flexibility index (Phi) is 11.3. The standard InChI is InChI=1S/C39H51N5O5/c1-6-47-35-20-28(10-8-26(35)3)24-43(30-12-16-40-17-13-30)34-23-33-37(22-32(34)38(45)46-5)49-39(42-33)44(31-14-18-41-19-15-31)25-29-11-9-27(4)36(21-29)48-7-2/h8-11,20-23,30-31,40-41H,6-7,12-19,24-25H2,1-5H3. The Morgan fingerprint density at radius 1 is 0.796 bits per heavy atom. The van der Waals surface area contributed by atoms with Gasteiger partial charge in [0.05, 0.1) is 31.6 Å². The molecule has 262 valence electrons. The Bertz CT molecular complexity index is 1730. The molecule has 0 atom stereocenters. The van der Waals surface area contributed by atoms with Crippen LogP contribution in [-0.4, -0.2) is 69.5 Å². The molecule has 4 aromatic rings. The lowest BCUT2D eigenvalue weighted by atomic mass is 10.00. The molecule has 0 aliphatic carbocycles. The molecule has 6 rings (SSSR count). The van der Waals surface area contributed by atoms with E-state index < -0.39 is 5.97 Å². The summed E-state index contributed by atoms with van der Waals surface area (Å²) in [5.41, 5.74) is 7.02. The zero-order valence-electron chi connectivity index (χ0n) is 29.6. The van der Waals surface area contributed by atoms with Gasteiger partial charge in [0.25, 0.3) is 6.01 Å². The average Bonchev–Trinajstić information content (AvgIpc) is 3.55. The molecular weight excluding hydrogens is 618 g/mol. The lowest BCUT2D eigenvalue weighted by molar-refractivity contribution is 0.0601. The van der Waals surface area contributed by atoms with Crippen molar-refractivity contribution in [3.63, 3.8) is 0 Å². The van der Waals surface area contributed by atoms with Crippen LogP contribution in [0.15, 0.2) is 52.9 Å². The first-order valence-electron chi connectivity index (χ1n) is 17.8. The minimum Gasteiger partial charge on any atom is -0.494 e. The van der Waals surface area contributed by atoms with Gasteiger partial charge < -0.3 is 39.1 Å². The first-order chi connectivity index (χ1) is 23.9. The van der Waals surface area contributed by atoms with E-state index in [0.29, 0.717) is 49.0 Å². The molecule has 10 heteroatoms. The van der Waals surface area contributed by atoms with Crippen LogP contribution in [0.2, 0.25) is 0 Å². The normalized spacial score (nSPS) is 15.7. The number of nitrogens with zero attached hydrogens (tertiary/aromatic N) is 3. The predicted octanol–water partition coefficient (Wildman–Crippen LogP) is 6.55. The third-order valence-electron chi connectivity index (χ3n) is 9.76. The van der Waals surface area contributed by atoms with Crippen LogP contribution in [0.4, 0.5) is 11.7 Å². The van der Waals surface area contributed by atoms with Gasteiger partial charge in [-0.1, -0.05) is 24.3 Å². The largest absolute Gasteiger partial charge is 0.494 e. The molecule has 0 radical (unpaired) electrons. The smallest absolute Gasteiger partial charge is 0.340 e. The van der Waals surface area contributed by atoms with Crippen molar-refractivity contribution < 1.29 is 23.4 Å². The maximum atomic E-state index is 13.5. The maximum Gasteiger partial charge on any atom is 0.340 e. The van der Waals surface area contributed by atoms with Gasteiger partial charge in [0.15, 0.2) is 5.58 Å². The maximum absolute atomic E-state index is 13.5. The molecule has 49 heavy (non-hydrogen) atoms. The molecule has 2 saturated heterocycles. The van der Waals surface area contributed by atoms with E-state index in [1.807, 2.05) is 26.0 Å². The minimum atomic E-state index is -0.397. The third-order valence-corrected chi connectivity index (χ3v) is 9.76. The highest BCUT2D eigenvalue weighted by atomic mass is 16.5. The number of anilines is 2. The molecule has 2 aliphatic rings. The van der Waals surface area contributed by atoms with E-state index in [9.17, 15) is 4.79 Å². The molecule has 0 spiro atoms. The second-order valence-corrected chi connectivity index (χ2v) is 13.1. The quantitative estimate of drug-likeness (QED) is 0.153. The van der Waals surface area contributed by atoms with Crippen molar-refractivity contribution in [2.24, 2.45) is 0 Å². The van der Waals surface area contributed by atoms with Crippen molar-refractivity contribution >= 4 is 28.8 Å². The summed E-state index contributed by atoms with van der Waals surface area (Å²) >= 11 is 0. The summed E-state index contributed by atoms with van der Waals surface area (Å²) in [6.07, 6.45) is 3.87. The van der Waals surface area contributed by atoms with Crippen molar-refractivity contribution in [1.29, 1.82) is 0 Å². The Morgan fingerprint density at radius 2 is 1.33 bits per heavy atom. The molecule has 2 fully saturated rings. The van der Waals surface area contributed by atoms with Crippen LogP contribution >= 0.6 is 0 Å². The number of esters is 1. The first kappa shape index (κ1) is 34.6. The van der Waals surface area contributed by atoms with E-state index in [1.54, 1.807) is 0 Å². The third kappa shape index (κ3) is 7.97. The molecule has 2 aliphatic heterocycles. The average molecular weight is 670 g/mol. The van der Waals surface area contributed by atoms with E-state index in [1.165, 1.54) is 7.11 Å². The fraction of sp³-hybridized carbons (Fsp3) is 0.487. The molecule has 0 saturated carbocycles. The second-order valence-electron chi connectivity index (χ2n) is 13.1. The van der Waals surface area contributed by atoms with Gasteiger partial charge in [0.1, 0.15) is 17.0 Å². The molecule has 0 amide bonds. The highest BCUT2D eigenvalue weighted by molar-refractivity contribution is 6.00. The Labute approximate surface area is 290 Å². The Morgan fingerprint density at radius 3 is 1.86 bits per heavy atom. The molecule has 10 nitrogen and oxygen atoms in total. The molecule has 1 aromatic heterocycles. The van der Waals surface area contributed by atoms with Crippen molar-refractivity contribution in [1.82, 2.24) is 15.6 Å². The highest BCUT2D eigenvalue weighted by Gasteiger charge is 2.30. The highest BCUT2D eigenvalue weighted by Crippen LogP contribution is 2.36. The number of aromatic nitrogens is 1. The second kappa shape index (κ2) is 16.0. The van der Waals surface area contributed by atoms with Gasteiger partial charge >= 0.3 is 5.97 Å².